The van der Waals surface area contributed by atoms with Gasteiger partial charge in [-0.1, -0.05) is 18.6 Å². The minimum Gasteiger partial charge on any atom is -0.466 e. The maximum atomic E-state index is 13.8. The predicted molar refractivity (Wildman–Crippen MR) is 143 cm³/mol. The second-order valence-electron chi connectivity index (χ2n) is 9.94. The zero-order valence-corrected chi connectivity index (χ0v) is 22.4. The van der Waals surface area contributed by atoms with Gasteiger partial charge in [0, 0.05) is 35.7 Å². The normalized spacial score (nSPS) is 20.1. The highest BCUT2D eigenvalue weighted by atomic mass is 32.2. The van der Waals surface area contributed by atoms with Crippen LogP contribution in [0.25, 0.3) is 0 Å². The molecular weight excluding hydrogens is 510 g/mol. The molecule has 0 spiro atoms. The first-order valence-electron chi connectivity index (χ1n) is 13.3. The average molecular weight is 545 g/mol. The monoisotopic (exact) mass is 544 g/mol. The summed E-state index contributed by atoms with van der Waals surface area (Å²) >= 11 is 1.08. The van der Waals surface area contributed by atoms with E-state index in [4.69, 9.17) is 4.74 Å². The summed E-state index contributed by atoms with van der Waals surface area (Å²) in [5.74, 6) is -1.58. The molecule has 6 nitrogen and oxygen atoms in total. The van der Waals surface area contributed by atoms with Crippen molar-refractivity contribution in [3.05, 3.63) is 59.7 Å². The number of hydrogen-bond donors (Lipinski definition) is 1. The van der Waals surface area contributed by atoms with E-state index < -0.39 is 11.6 Å². The molecule has 2 atom stereocenters. The van der Waals surface area contributed by atoms with Gasteiger partial charge in [-0.05, 0) is 74.8 Å². The lowest BCUT2D eigenvalue weighted by Gasteiger charge is -2.32. The molecular formula is C29H34F2N2O4S. The molecule has 1 heterocycles. The summed E-state index contributed by atoms with van der Waals surface area (Å²) in [5.41, 5.74) is 1.90. The van der Waals surface area contributed by atoms with Crippen LogP contribution in [-0.4, -0.2) is 48.1 Å². The van der Waals surface area contributed by atoms with Crippen molar-refractivity contribution in [2.45, 2.75) is 56.3 Å². The summed E-state index contributed by atoms with van der Waals surface area (Å²) in [4.78, 5) is 39.6. The first kappa shape index (κ1) is 28.1. The molecule has 38 heavy (non-hydrogen) atoms. The molecule has 0 bridgehead atoms. The van der Waals surface area contributed by atoms with Crippen molar-refractivity contribution in [2.75, 3.05) is 30.8 Å². The molecule has 1 aliphatic heterocycles. The molecule has 9 heteroatoms. The number of ether oxygens (including phenoxy) is 1. The van der Waals surface area contributed by atoms with Gasteiger partial charge in [0.2, 0.25) is 11.8 Å². The van der Waals surface area contributed by atoms with E-state index in [9.17, 15) is 23.2 Å². The van der Waals surface area contributed by atoms with Crippen LogP contribution in [0.1, 0.15) is 56.9 Å². The van der Waals surface area contributed by atoms with Gasteiger partial charge in [-0.15, -0.1) is 11.8 Å². The lowest BCUT2D eigenvalue weighted by Crippen LogP contribution is -2.38. The van der Waals surface area contributed by atoms with E-state index >= 15 is 0 Å². The third-order valence-electron chi connectivity index (χ3n) is 7.41. The Morgan fingerprint density at radius 1 is 1.00 bits per heavy atom. The number of halogens is 2. The maximum Gasteiger partial charge on any atom is 0.308 e. The molecule has 204 valence electrons. The molecule has 0 aromatic heterocycles. The van der Waals surface area contributed by atoms with E-state index in [1.807, 2.05) is 24.3 Å². The number of benzene rings is 2. The number of anilines is 1. The van der Waals surface area contributed by atoms with Crippen LogP contribution in [0.5, 0.6) is 0 Å². The van der Waals surface area contributed by atoms with Crippen LogP contribution < -0.4 is 5.32 Å². The van der Waals surface area contributed by atoms with Crippen molar-refractivity contribution >= 4 is 35.2 Å². The fourth-order valence-electron chi connectivity index (χ4n) is 5.27. The molecule has 2 aliphatic rings. The van der Waals surface area contributed by atoms with Crippen molar-refractivity contribution in [3.63, 3.8) is 0 Å². The first-order chi connectivity index (χ1) is 18.3. The van der Waals surface area contributed by atoms with Gasteiger partial charge in [0.15, 0.2) is 0 Å². The molecule has 0 radical (unpaired) electrons. The fourth-order valence-corrected chi connectivity index (χ4v) is 6.09. The number of piperidine rings is 1. The van der Waals surface area contributed by atoms with E-state index in [1.54, 1.807) is 11.8 Å². The van der Waals surface area contributed by atoms with E-state index in [2.05, 4.69) is 5.32 Å². The van der Waals surface area contributed by atoms with Crippen molar-refractivity contribution in [1.29, 1.82) is 0 Å². The molecule has 2 aromatic carbocycles. The summed E-state index contributed by atoms with van der Waals surface area (Å²) in [6.07, 6.45) is 4.55. The molecule has 1 saturated heterocycles. The van der Waals surface area contributed by atoms with E-state index in [0.29, 0.717) is 32.0 Å². The van der Waals surface area contributed by atoms with Crippen LogP contribution in [0.2, 0.25) is 0 Å². The number of nitrogens with one attached hydrogen (secondary N) is 1. The first-order valence-corrected chi connectivity index (χ1v) is 14.3. The number of carbonyl (C=O) groups excluding carboxylic acids is 3. The van der Waals surface area contributed by atoms with Crippen molar-refractivity contribution in [2.24, 2.45) is 11.8 Å². The second kappa shape index (κ2) is 13.2. The standard InChI is InChI=1S/C29H34F2N2O4S/c1-2-37-29(36)22-5-3-4-21(16-22)28(35)32-24-9-6-19(7-10-24)20-12-14-33(15-13-20)27(34)18-38-26-11-8-23(30)17-25(26)31/h6-11,17,20-22H,2-5,12-16,18H2,1H3,(H,32,35)/t21-,22+/m0/s1. The Hall–Kier alpha value is -2.94. The summed E-state index contributed by atoms with van der Waals surface area (Å²) in [6.45, 7) is 3.39. The highest BCUT2D eigenvalue weighted by Crippen LogP contribution is 2.32. The number of esters is 1. The van der Waals surface area contributed by atoms with Gasteiger partial charge >= 0.3 is 5.97 Å². The van der Waals surface area contributed by atoms with Gasteiger partial charge in [-0.3, -0.25) is 14.4 Å². The minimum absolute atomic E-state index is 0.0526. The Morgan fingerprint density at radius 2 is 1.71 bits per heavy atom. The molecule has 1 saturated carbocycles. The SMILES string of the molecule is CCOC(=O)[C@@H]1CCC[C@H](C(=O)Nc2ccc(C3CCN(C(=O)CSc4ccc(F)cc4F)CC3)cc2)C1. The Labute approximate surface area is 226 Å². The summed E-state index contributed by atoms with van der Waals surface area (Å²) in [5, 5.41) is 3.00. The third-order valence-corrected chi connectivity index (χ3v) is 8.44. The smallest absolute Gasteiger partial charge is 0.308 e. The minimum atomic E-state index is -0.652. The van der Waals surface area contributed by atoms with Crippen molar-refractivity contribution in [3.8, 4) is 0 Å². The van der Waals surface area contributed by atoms with Gasteiger partial charge in [0.05, 0.1) is 18.3 Å². The number of amides is 2. The number of likely N-dealkylation sites (tertiary alicyclic amines) is 1. The van der Waals surface area contributed by atoms with E-state index in [0.717, 1.165) is 61.2 Å². The highest BCUT2D eigenvalue weighted by molar-refractivity contribution is 8.00. The van der Waals surface area contributed by atoms with Crippen LogP contribution in [0.4, 0.5) is 14.5 Å². The zero-order chi connectivity index (χ0) is 27.1. The average Bonchev–Trinajstić information content (AvgIpc) is 2.93. The third kappa shape index (κ3) is 7.34. The van der Waals surface area contributed by atoms with E-state index in [-0.39, 0.29) is 40.3 Å². The quantitative estimate of drug-likeness (QED) is 0.337. The molecule has 2 amide bonds. The lowest BCUT2D eigenvalue weighted by molar-refractivity contribution is -0.150. The van der Waals surface area contributed by atoms with Crippen LogP contribution in [0, 0.1) is 23.5 Å². The van der Waals surface area contributed by atoms with Crippen molar-refractivity contribution < 1.29 is 27.9 Å². The van der Waals surface area contributed by atoms with Crippen LogP contribution >= 0.6 is 11.8 Å². The van der Waals surface area contributed by atoms with Crippen LogP contribution in [0.15, 0.2) is 47.4 Å². The lowest BCUT2D eigenvalue weighted by atomic mass is 9.81. The number of nitrogens with zero attached hydrogens (tertiary/aromatic N) is 1. The number of carbonyl (C=O) groups is 3. The molecule has 1 aliphatic carbocycles. The van der Waals surface area contributed by atoms with Crippen LogP contribution in [-0.2, 0) is 19.1 Å². The number of thioether (sulfide) groups is 1. The van der Waals surface area contributed by atoms with Gasteiger partial charge in [0.25, 0.3) is 0 Å². The number of hydrogen-bond acceptors (Lipinski definition) is 5. The Morgan fingerprint density at radius 3 is 2.39 bits per heavy atom. The topological polar surface area (TPSA) is 75.7 Å². The van der Waals surface area contributed by atoms with Crippen LogP contribution in [0.3, 0.4) is 0 Å². The highest BCUT2D eigenvalue weighted by Gasteiger charge is 2.32. The molecule has 0 unspecified atom stereocenters. The fraction of sp³-hybridized carbons (Fsp3) is 0.483. The Balaban J connectivity index is 1.23. The van der Waals surface area contributed by atoms with Crippen molar-refractivity contribution in [1.82, 2.24) is 4.90 Å². The molecule has 2 aromatic rings. The second-order valence-corrected chi connectivity index (χ2v) is 11.0. The summed E-state index contributed by atoms with van der Waals surface area (Å²) < 4.78 is 32.0. The number of rotatable bonds is 8. The van der Waals surface area contributed by atoms with Gasteiger partial charge < -0.3 is 15.0 Å². The Kier molecular flexibility index (Phi) is 9.77. The molecule has 2 fully saturated rings. The molecule has 4 rings (SSSR count). The largest absolute Gasteiger partial charge is 0.466 e. The Bertz CT molecular complexity index is 1140. The van der Waals surface area contributed by atoms with Gasteiger partial charge in [0.1, 0.15) is 11.6 Å². The predicted octanol–water partition coefficient (Wildman–Crippen LogP) is 5.77. The van der Waals surface area contributed by atoms with Gasteiger partial charge in [-0.25, -0.2) is 8.78 Å². The van der Waals surface area contributed by atoms with Gasteiger partial charge in [-0.2, -0.15) is 0 Å². The van der Waals surface area contributed by atoms with E-state index in [1.165, 1.54) is 12.1 Å². The maximum absolute atomic E-state index is 13.8. The summed E-state index contributed by atoms with van der Waals surface area (Å²) in [7, 11) is 0. The zero-order valence-electron chi connectivity index (χ0n) is 21.6. The molecule has 1 N–H and O–H groups in total. The summed E-state index contributed by atoms with van der Waals surface area (Å²) in [6, 6.07) is 11.2.